The molecule has 188 valence electrons. The molecule has 11 heteroatoms. The zero-order valence-electron chi connectivity index (χ0n) is 19.7. The maximum Gasteiger partial charge on any atom is 0.416 e. The Morgan fingerprint density at radius 1 is 1.11 bits per heavy atom. The first-order valence-electron chi connectivity index (χ1n) is 11.1. The standard InChI is InChI=1S/C26H20F3N5O2S/c1-13-3-5-16-17(21(13)34-25(35)18-11-37-23-22(18)32-12-33-24(23)30)7-8-31-19(16)10-14-9-15(26(27,28)29)4-6-20(14)36-2/h3-9,11-12H,10H2,1-2H3,(H,34,35)(H2,30,32,33). The van der Waals surface area contributed by atoms with Crippen molar-refractivity contribution < 1.29 is 22.7 Å². The Balaban J connectivity index is 1.55. The van der Waals surface area contributed by atoms with Crippen LogP contribution >= 0.6 is 11.3 Å². The van der Waals surface area contributed by atoms with Crippen LogP contribution in [0.4, 0.5) is 24.7 Å². The van der Waals surface area contributed by atoms with Crippen molar-refractivity contribution in [3.8, 4) is 5.75 Å². The van der Waals surface area contributed by atoms with Gasteiger partial charge in [0.05, 0.1) is 39.8 Å². The molecule has 7 nitrogen and oxygen atoms in total. The van der Waals surface area contributed by atoms with Crippen LogP contribution in [0.5, 0.6) is 5.75 Å². The van der Waals surface area contributed by atoms with Gasteiger partial charge in [0.1, 0.15) is 17.9 Å². The predicted molar refractivity (Wildman–Crippen MR) is 137 cm³/mol. The molecule has 3 heterocycles. The number of rotatable bonds is 5. The van der Waals surface area contributed by atoms with E-state index in [0.717, 1.165) is 17.7 Å². The van der Waals surface area contributed by atoms with Gasteiger partial charge in [-0.15, -0.1) is 11.3 Å². The molecular weight excluding hydrogens is 503 g/mol. The van der Waals surface area contributed by atoms with E-state index >= 15 is 0 Å². The highest BCUT2D eigenvalue weighted by atomic mass is 32.1. The molecule has 0 bridgehead atoms. The molecule has 0 saturated carbocycles. The number of amides is 1. The molecule has 0 atom stereocenters. The molecular formula is C26H20F3N5O2S. The first-order chi connectivity index (χ1) is 17.7. The van der Waals surface area contributed by atoms with Crippen molar-refractivity contribution in [2.24, 2.45) is 0 Å². The fourth-order valence-corrected chi connectivity index (χ4v) is 5.12. The summed E-state index contributed by atoms with van der Waals surface area (Å²) in [5.41, 5.74) is 8.26. The molecule has 5 aromatic rings. The normalized spacial score (nSPS) is 11.7. The second-order valence-electron chi connectivity index (χ2n) is 8.35. The Morgan fingerprint density at radius 3 is 2.68 bits per heavy atom. The Labute approximate surface area is 213 Å². The first-order valence-corrected chi connectivity index (χ1v) is 12.0. The van der Waals surface area contributed by atoms with Crippen molar-refractivity contribution in [2.45, 2.75) is 19.5 Å². The summed E-state index contributed by atoms with van der Waals surface area (Å²) in [6.45, 7) is 1.86. The van der Waals surface area contributed by atoms with Crippen molar-refractivity contribution in [2.75, 3.05) is 18.2 Å². The minimum atomic E-state index is -4.48. The van der Waals surface area contributed by atoms with Crippen molar-refractivity contribution in [3.05, 3.63) is 82.3 Å². The van der Waals surface area contributed by atoms with Crippen LogP contribution in [0.3, 0.4) is 0 Å². The number of anilines is 2. The van der Waals surface area contributed by atoms with E-state index in [9.17, 15) is 18.0 Å². The van der Waals surface area contributed by atoms with Gasteiger partial charge in [-0.05, 0) is 36.8 Å². The average molecular weight is 524 g/mol. The number of hydrogen-bond acceptors (Lipinski definition) is 7. The molecule has 0 saturated heterocycles. The Morgan fingerprint density at radius 2 is 1.92 bits per heavy atom. The lowest BCUT2D eigenvalue weighted by atomic mass is 9.98. The summed E-state index contributed by atoms with van der Waals surface area (Å²) in [5.74, 6) is 0.270. The average Bonchev–Trinajstić information content (AvgIpc) is 3.31. The number of nitrogen functional groups attached to an aromatic ring is 1. The van der Waals surface area contributed by atoms with E-state index in [2.05, 4.69) is 20.3 Å². The smallest absolute Gasteiger partial charge is 0.416 e. The van der Waals surface area contributed by atoms with Crippen LogP contribution in [0.15, 0.2) is 54.3 Å². The second kappa shape index (κ2) is 9.32. The topological polar surface area (TPSA) is 103 Å². The number of methoxy groups -OCH3 is 1. The van der Waals surface area contributed by atoms with Crippen LogP contribution in [0.1, 0.15) is 32.7 Å². The third kappa shape index (κ3) is 4.53. The third-order valence-corrected chi connectivity index (χ3v) is 7.06. The number of pyridine rings is 1. The first kappa shape index (κ1) is 24.4. The van der Waals surface area contributed by atoms with E-state index in [4.69, 9.17) is 10.5 Å². The highest BCUT2D eigenvalue weighted by Gasteiger charge is 2.31. The van der Waals surface area contributed by atoms with E-state index in [-0.39, 0.29) is 12.3 Å². The lowest BCUT2D eigenvalue weighted by Gasteiger charge is -2.16. The van der Waals surface area contributed by atoms with E-state index in [0.29, 0.717) is 55.1 Å². The van der Waals surface area contributed by atoms with Gasteiger partial charge in [0.25, 0.3) is 5.91 Å². The SMILES string of the molecule is COc1ccc(C(F)(F)F)cc1Cc1nccc2c(NC(=O)c3csc4c(N)ncnc34)c(C)ccc12. The number of aromatic nitrogens is 3. The number of nitrogens with two attached hydrogens (primary N) is 1. The number of carbonyl (C=O) groups excluding carboxylic acids is 1. The molecule has 0 spiro atoms. The van der Waals surface area contributed by atoms with E-state index < -0.39 is 11.7 Å². The van der Waals surface area contributed by atoms with Gasteiger partial charge in [0.15, 0.2) is 0 Å². The van der Waals surface area contributed by atoms with Gasteiger partial charge in [-0.25, -0.2) is 9.97 Å². The number of aryl methyl sites for hydroxylation is 1. The lowest BCUT2D eigenvalue weighted by molar-refractivity contribution is -0.137. The number of hydrogen-bond donors (Lipinski definition) is 2. The largest absolute Gasteiger partial charge is 0.496 e. The van der Waals surface area contributed by atoms with Crippen LogP contribution in [0.25, 0.3) is 21.0 Å². The number of nitrogens with one attached hydrogen (secondary N) is 1. The monoisotopic (exact) mass is 523 g/mol. The summed E-state index contributed by atoms with van der Waals surface area (Å²) >= 11 is 1.28. The van der Waals surface area contributed by atoms with Crippen molar-refractivity contribution >= 4 is 49.7 Å². The molecule has 0 aliphatic rings. The predicted octanol–water partition coefficient (Wildman–Crippen LogP) is 6.00. The number of ether oxygens (including phenoxy) is 1. The number of nitrogens with zero attached hydrogens (tertiary/aromatic N) is 3. The molecule has 2 aromatic carbocycles. The van der Waals surface area contributed by atoms with E-state index in [1.165, 1.54) is 30.8 Å². The summed E-state index contributed by atoms with van der Waals surface area (Å²) in [7, 11) is 1.41. The molecule has 37 heavy (non-hydrogen) atoms. The fraction of sp³-hybridized carbons (Fsp3) is 0.154. The van der Waals surface area contributed by atoms with Gasteiger partial charge in [-0.2, -0.15) is 13.2 Å². The summed E-state index contributed by atoms with van der Waals surface area (Å²) < 4.78 is 46.0. The Hall–Kier alpha value is -4.25. The van der Waals surface area contributed by atoms with Crippen LogP contribution in [-0.2, 0) is 12.6 Å². The highest BCUT2D eigenvalue weighted by molar-refractivity contribution is 7.18. The zero-order chi connectivity index (χ0) is 26.3. The molecule has 1 amide bonds. The van der Waals surface area contributed by atoms with Gasteiger partial charge >= 0.3 is 6.18 Å². The summed E-state index contributed by atoms with van der Waals surface area (Å²) in [6, 6.07) is 8.81. The number of thiophene rings is 1. The van der Waals surface area contributed by atoms with Gasteiger partial charge in [-0.3, -0.25) is 9.78 Å². The number of carbonyl (C=O) groups is 1. The molecule has 0 unspecified atom stereocenters. The third-order valence-electron chi connectivity index (χ3n) is 6.07. The summed E-state index contributed by atoms with van der Waals surface area (Å²) in [5, 5.41) is 6.06. The quantitative estimate of drug-likeness (QED) is 0.293. The molecule has 3 N–H and O–H groups in total. The molecule has 3 aromatic heterocycles. The summed E-state index contributed by atoms with van der Waals surface area (Å²) in [4.78, 5) is 25.9. The number of benzene rings is 2. The van der Waals surface area contributed by atoms with Crippen LogP contribution in [0.2, 0.25) is 0 Å². The minimum absolute atomic E-state index is 0.103. The van der Waals surface area contributed by atoms with Gasteiger partial charge in [-0.1, -0.05) is 12.1 Å². The zero-order valence-corrected chi connectivity index (χ0v) is 20.5. The van der Waals surface area contributed by atoms with Gasteiger partial charge in [0.2, 0.25) is 0 Å². The molecule has 0 aliphatic heterocycles. The molecule has 0 aliphatic carbocycles. The Bertz CT molecular complexity index is 1670. The van der Waals surface area contributed by atoms with Gasteiger partial charge in [0, 0.05) is 34.3 Å². The Kier molecular flexibility index (Phi) is 6.16. The number of fused-ring (bicyclic) bond motifs is 2. The highest BCUT2D eigenvalue weighted by Crippen LogP contribution is 2.36. The second-order valence-corrected chi connectivity index (χ2v) is 9.23. The molecule has 0 radical (unpaired) electrons. The number of alkyl halides is 3. The van der Waals surface area contributed by atoms with Crippen LogP contribution in [0, 0.1) is 6.92 Å². The van der Waals surface area contributed by atoms with Crippen molar-refractivity contribution in [3.63, 3.8) is 0 Å². The number of halogens is 3. The maximum absolute atomic E-state index is 13.3. The molecule has 5 rings (SSSR count). The fourth-order valence-electron chi connectivity index (χ4n) is 4.22. The maximum atomic E-state index is 13.3. The van der Waals surface area contributed by atoms with Gasteiger partial charge < -0.3 is 15.8 Å². The van der Waals surface area contributed by atoms with Crippen molar-refractivity contribution in [1.29, 1.82) is 0 Å². The lowest BCUT2D eigenvalue weighted by Crippen LogP contribution is -2.13. The van der Waals surface area contributed by atoms with Crippen molar-refractivity contribution in [1.82, 2.24) is 15.0 Å². The summed E-state index contributed by atoms with van der Waals surface area (Å²) in [6.07, 6.45) is -1.50. The molecule has 0 fully saturated rings. The van der Waals surface area contributed by atoms with Crippen LogP contribution < -0.4 is 15.8 Å². The minimum Gasteiger partial charge on any atom is -0.496 e. The van der Waals surface area contributed by atoms with E-state index in [1.54, 1.807) is 17.6 Å². The van der Waals surface area contributed by atoms with Crippen LogP contribution in [-0.4, -0.2) is 28.0 Å². The van der Waals surface area contributed by atoms with E-state index in [1.807, 2.05) is 19.1 Å².